The molecule has 0 radical (unpaired) electrons. The molecule has 0 saturated carbocycles. The molecule has 0 atom stereocenters. The highest BCUT2D eigenvalue weighted by atomic mass is 16.4. The lowest BCUT2D eigenvalue weighted by Crippen LogP contribution is -1.92. The van der Waals surface area contributed by atoms with E-state index in [0.717, 1.165) is 11.3 Å². The monoisotopic (exact) mass is 267 g/mol. The van der Waals surface area contributed by atoms with Crippen molar-refractivity contribution in [3.63, 3.8) is 0 Å². The topological polar surface area (TPSA) is 133 Å². The molecular formula is C12H9N7O. The molecule has 3 aromatic heterocycles. The van der Waals surface area contributed by atoms with E-state index in [1.165, 1.54) is 6.33 Å². The van der Waals surface area contributed by atoms with Gasteiger partial charge in [-0.2, -0.15) is 10.1 Å². The Balaban J connectivity index is 2.00. The van der Waals surface area contributed by atoms with Crippen LogP contribution >= 0.6 is 0 Å². The molecule has 4 rings (SSSR count). The van der Waals surface area contributed by atoms with Crippen LogP contribution in [-0.4, -0.2) is 25.1 Å². The maximum absolute atomic E-state index is 5.89. The molecule has 98 valence electrons. The Morgan fingerprint density at radius 1 is 1.15 bits per heavy atom. The van der Waals surface area contributed by atoms with E-state index in [4.69, 9.17) is 15.9 Å². The van der Waals surface area contributed by atoms with Gasteiger partial charge in [-0.25, -0.2) is 9.97 Å². The Labute approximate surface area is 111 Å². The number of hydrogen-bond acceptors (Lipinski definition) is 7. The lowest BCUT2D eigenvalue weighted by molar-refractivity contribution is 0.626. The Morgan fingerprint density at radius 3 is 2.95 bits per heavy atom. The van der Waals surface area contributed by atoms with Gasteiger partial charge in [0.15, 0.2) is 11.2 Å². The van der Waals surface area contributed by atoms with E-state index < -0.39 is 0 Å². The second-order valence-corrected chi connectivity index (χ2v) is 4.29. The third-order valence-electron chi connectivity index (χ3n) is 3.07. The second kappa shape index (κ2) is 3.67. The molecule has 1 aromatic carbocycles. The molecular weight excluding hydrogens is 258 g/mol. The van der Waals surface area contributed by atoms with Crippen LogP contribution in [0.15, 0.2) is 28.9 Å². The summed E-state index contributed by atoms with van der Waals surface area (Å²) < 4.78 is 5.24. The second-order valence-electron chi connectivity index (χ2n) is 4.29. The van der Waals surface area contributed by atoms with Gasteiger partial charge in [0.05, 0.1) is 11.1 Å². The van der Waals surface area contributed by atoms with Crippen molar-refractivity contribution in [2.45, 2.75) is 0 Å². The summed E-state index contributed by atoms with van der Waals surface area (Å²) in [5.74, 6) is 0.374. The van der Waals surface area contributed by atoms with Gasteiger partial charge in [-0.15, -0.1) is 0 Å². The zero-order valence-corrected chi connectivity index (χ0v) is 10.2. The first-order valence-corrected chi connectivity index (χ1v) is 5.83. The molecule has 8 nitrogen and oxygen atoms in total. The highest BCUT2D eigenvalue weighted by Gasteiger charge is 2.13. The number of nitrogen functional groups attached to an aromatic ring is 2. The summed E-state index contributed by atoms with van der Waals surface area (Å²) in [6, 6.07) is 5.64. The molecule has 3 heterocycles. The zero-order valence-electron chi connectivity index (χ0n) is 10.2. The molecule has 5 N–H and O–H groups in total. The highest BCUT2D eigenvalue weighted by molar-refractivity contribution is 5.99. The molecule has 4 aromatic rings. The number of nitrogens with two attached hydrogens (primary N) is 2. The minimum absolute atomic E-state index is 0.134. The van der Waals surface area contributed by atoms with E-state index in [1.807, 2.05) is 12.1 Å². The number of benzene rings is 1. The van der Waals surface area contributed by atoms with Gasteiger partial charge >= 0.3 is 0 Å². The van der Waals surface area contributed by atoms with E-state index in [9.17, 15) is 0 Å². The summed E-state index contributed by atoms with van der Waals surface area (Å²) in [5.41, 5.74) is 14.8. The number of oxazole rings is 1. The average molecular weight is 267 g/mol. The van der Waals surface area contributed by atoms with Crippen LogP contribution in [0.2, 0.25) is 0 Å². The molecule has 0 saturated heterocycles. The first-order valence-electron chi connectivity index (χ1n) is 5.83. The normalized spacial score (nSPS) is 11.4. The summed E-state index contributed by atoms with van der Waals surface area (Å²) in [5, 5.41) is 7.72. The van der Waals surface area contributed by atoms with Crippen LogP contribution in [0.3, 0.4) is 0 Å². The standard InChI is InChI=1S/C12H9N7O/c13-10-8-9(18-19-11(8)16-4-15-10)5-1-2-7-6(3-5)17-12(14)20-7/h1-4H,(H2,14,17)(H3,13,15,16,18,19). The van der Waals surface area contributed by atoms with Crippen molar-refractivity contribution < 1.29 is 4.42 Å². The number of fused-ring (bicyclic) bond motifs is 2. The van der Waals surface area contributed by atoms with Crippen molar-refractivity contribution in [1.29, 1.82) is 0 Å². The number of aromatic amines is 1. The van der Waals surface area contributed by atoms with E-state index in [1.54, 1.807) is 6.07 Å². The van der Waals surface area contributed by atoms with Crippen molar-refractivity contribution in [1.82, 2.24) is 25.1 Å². The third-order valence-corrected chi connectivity index (χ3v) is 3.07. The van der Waals surface area contributed by atoms with Crippen LogP contribution in [0.4, 0.5) is 11.8 Å². The van der Waals surface area contributed by atoms with Crippen LogP contribution < -0.4 is 11.5 Å². The highest BCUT2D eigenvalue weighted by Crippen LogP contribution is 2.30. The molecule has 0 fully saturated rings. The minimum atomic E-state index is 0.134. The van der Waals surface area contributed by atoms with Crippen molar-refractivity contribution >= 4 is 34.0 Å². The molecule has 0 aliphatic carbocycles. The maximum atomic E-state index is 5.89. The zero-order chi connectivity index (χ0) is 13.7. The van der Waals surface area contributed by atoms with Crippen LogP contribution in [0.1, 0.15) is 0 Å². The largest absolute Gasteiger partial charge is 0.424 e. The van der Waals surface area contributed by atoms with Crippen LogP contribution in [0.5, 0.6) is 0 Å². The fraction of sp³-hybridized carbons (Fsp3) is 0. The fourth-order valence-corrected chi connectivity index (χ4v) is 2.19. The first kappa shape index (κ1) is 10.7. The number of hydrogen-bond donors (Lipinski definition) is 3. The van der Waals surface area contributed by atoms with Crippen LogP contribution in [0.25, 0.3) is 33.4 Å². The van der Waals surface area contributed by atoms with Crippen molar-refractivity contribution in [3.05, 3.63) is 24.5 Å². The van der Waals surface area contributed by atoms with Gasteiger partial charge in [0.2, 0.25) is 0 Å². The molecule has 0 spiro atoms. The number of anilines is 2. The summed E-state index contributed by atoms with van der Waals surface area (Å²) in [4.78, 5) is 12.2. The Morgan fingerprint density at radius 2 is 2.05 bits per heavy atom. The number of H-pyrrole nitrogens is 1. The van der Waals surface area contributed by atoms with E-state index in [2.05, 4.69) is 25.1 Å². The Kier molecular flexibility index (Phi) is 1.97. The molecule has 0 aliphatic rings. The van der Waals surface area contributed by atoms with Gasteiger partial charge in [-0.3, -0.25) is 5.10 Å². The van der Waals surface area contributed by atoms with Gasteiger partial charge in [0, 0.05) is 5.56 Å². The van der Waals surface area contributed by atoms with Crippen molar-refractivity contribution in [3.8, 4) is 11.3 Å². The number of rotatable bonds is 1. The number of nitrogens with zero attached hydrogens (tertiary/aromatic N) is 4. The number of aromatic nitrogens is 5. The lowest BCUT2D eigenvalue weighted by atomic mass is 10.1. The smallest absolute Gasteiger partial charge is 0.292 e. The molecule has 20 heavy (non-hydrogen) atoms. The third kappa shape index (κ3) is 1.41. The predicted octanol–water partition coefficient (Wildman–Crippen LogP) is 1.33. The van der Waals surface area contributed by atoms with Crippen LogP contribution in [0, 0.1) is 0 Å². The van der Waals surface area contributed by atoms with Crippen molar-refractivity contribution in [2.75, 3.05) is 11.5 Å². The summed E-state index contributed by atoms with van der Waals surface area (Å²) in [6.45, 7) is 0. The van der Waals surface area contributed by atoms with Gasteiger partial charge in [0.25, 0.3) is 6.01 Å². The van der Waals surface area contributed by atoms with E-state index >= 15 is 0 Å². The van der Waals surface area contributed by atoms with Gasteiger partial charge in [0.1, 0.15) is 17.7 Å². The van der Waals surface area contributed by atoms with Gasteiger partial charge in [-0.05, 0) is 18.2 Å². The van der Waals surface area contributed by atoms with Crippen LogP contribution in [-0.2, 0) is 0 Å². The Bertz CT molecular complexity index is 939. The maximum Gasteiger partial charge on any atom is 0.292 e. The van der Waals surface area contributed by atoms with E-state index in [-0.39, 0.29) is 6.01 Å². The first-order chi connectivity index (χ1) is 9.72. The van der Waals surface area contributed by atoms with Gasteiger partial charge in [-0.1, -0.05) is 0 Å². The van der Waals surface area contributed by atoms with Gasteiger partial charge < -0.3 is 15.9 Å². The van der Waals surface area contributed by atoms with E-state index in [0.29, 0.717) is 28.0 Å². The van der Waals surface area contributed by atoms with Crippen molar-refractivity contribution in [2.24, 2.45) is 0 Å². The quantitative estimate of drug-likeness (QED) is 0.473. The average Bonchev–Trinajstić information content (AvgIpc) is 3.00. The summed E-state index contributed by atoms with van der Waals surface area (Å²) in [6.07, 6.45) is 1.38. The summed E-state index contributed by atoms with van der Waals surface area (Å²) in [7, 11) is 0. The summed E-state index contributed by atoms with van der Waals surface area (Å²) >= 11 is 0. The Hall–Kier alpha value is -3.16. The lowest BCUT2D eigenvalue weighted by Gasteiger charge is -1.99. The molecule has 0 amide bonds. The SMILES string of the molecule is Nc1nc2cc(-c3[nH]nc4ncnc(N)c34)ccc2o1. The minimum Gasteiger partial charge on any atom is -0.424 e. The number of nitrogens with one attached hydrogen (secondary N) is 1. The molecule has 0 bridgehead atoms. The fourth-order valence-electron chi connectivity index (χ4n) is 2.19. The predicted molar refractivity (Wildman–Crippen MR) is 73.5 cm³/mol. The molecule has 8 heteroatoms. The molecule has 0 aliphatic heterocycles. The molecule has 0 unspecified atom stereocenters.